The summed E-state index contributed by atoms with van der Waals surface area (Å²) in [6.45, 7) is 2.59. The van der Waals surface area contributed by atoms with Gasteiger partial charge in [-0.2, -0.15) is 0 Å². The molecule has 0 aromatic heterocycles. The average molecular weight is 468 g/mol. The molecule has 34 heavy (non-hydrogen) atoms. The van der Waals surface area contributed by atoms with E-state index in [0.717, 1.165) is 5.56 Å². The van der Waals surface area contributed by atoms with Crippen LogP contribution < -0.4 is 16.4 Å². The fourth-order valence-corrected chi connectivity index (χ4v) is 3.38. The van der Waals surface area contributed by atoms with Gasteiger partial charge in [-0.15, -0.1) is 0 Å². The first-order chi connectivity index (χ1) is 16.3. The number of hydrogen-bond donors (Lipinski definition) is 5. The zero-order valence-corrected chi connectivity index (χ0v) is 19.4. The predicted octanol–water partition coefficient (Wildman–Crippen LogP) is 1.50. The van der Waals surface area contributed by atoms with Gasteiger partial charge < -0.3 is 21.1 Å². The summed E-state index contributed by atoms with van der Waals surface area (Å²) in [5, 5.41) is 21.2. The monoisotopic (exact) mass is 467 g/mol. The van der Waals surface area contributed by atoms with Crippen LogP contribution in [0.25, 0.3) is 0 Å². The van der Waals surface area contributed by atoms with Gasteiger partial charge in [-0.05, 0) is 24.0 Å². The molecule has 0 saturated carbocycles. The highest BCUT2D eigenvalue weighted by molar-refractivity contribution is 5.95. The quantitative estimate of drug-likeness (QED) is 0.264. The molecule has 1 heterocycles. The van der Waals surface area contributed by atoms with Crippen LogP contribution in [-0.2, 0) is 27.3 Å². The summed E-state index contributed by atoms with van der Waals surface area (Å²) >= 11 is 0. The van der Waals surface area contributed by atoms with Gasteiger partial charge in [0.15, 0.2) is 0 Å². The van der Waals surface area contributed by atoms with Gasteiger partial charge in [0.05, 0.1) is 13.1 Å². The second-order valence-electron chi connectivity index (χ2n) is 7.95. The van der Waals surface area contributed by atoms with Crippen LogP contribution in [0.4, 0.5) is 0 Å². The standard InChI is InChI=1S/C16H21N5O4.C9H12/c17-15(18)11-3-1-10(2-4-11)7-20-16(25)12-5-6-21(12)13(22)8-19-9-14(23)24;1-2-6-9-7-4-3-5-8-9/h1-4,12,19H,5-9H2,(H3,17,18)(H,20,25)(H,23,24);3-5,7-8H,2,6H2,1H3. The molecule has 1 aliphatic heterocycles. The Labute approximate surface area is 199 Å². The fourth-order valence-electron chi connectivity index (χ4n) is 3.38. The summed E-state index contributed by atoms with van der Waals surface area (Å²) in [7, 11) is 0. The normalized spacial score (nSPS) is 14.3. The first kappa shape index (κ1) is 26.5. The maximum atomic E-state index is 12.2. The van der Waals surface area contributed by atoms with Crippen LogP contribution >= 0.6 is 0 Å². The molecular weight excluding hydrogens is 434 g/mol. The topological polar surface area (TPSA) is 149 Å². The lowest BCUT2D eigenvalue weighted by molar-refractivity contribution is -0.147. The van der Waals surface area contributed by atoms with Crippen molar-refractivity contribution in [2.75, 3.05) is 19.6 Å². The van der Waals surface area contributed by atoms with Crippen molar-refractivity contribution < 1.29 is 19.5 Å². The SMILES string of the molecule is CCCc1ccccc1.N=C(N)c1ccc(CNC(=O)C2CCN2C(=O)CNCC(=O)O)cc1. The van der Waals surface area contributed by atoms with Crippen molar-refractivity contribution in [3.8, 4) is 0 Å². The molecule has 182 valence electrons. The fraction of sp³-hybridized carbons (Fsp3) is 0.360. The number of carbonyl (C=O) groups excluding carboxylic acids is 2. The molecule has 9 nitrogen and oxygen atoms in total. The zero-order chi connectivity index (χ0) is 24.9. The van der Waals surface area contributed by atoms with Crippen molar-refractivity contribution >= 4 is 23.6 Å². The van der Waals surface area contributed by atoms with Crippen LogP contribution in [0, 0.1) is 5.41 Å². The number of nitrogen functional groups attached to an aromatic ring is 1. The number of carbonyl (C=O) groups is 3. The highest BCUT2D eigenvalue weighted by Gasteiger charge is 2.36. The summed E-state index contributed by atoms with van der Waals surface area (Å²) in [5.74, 6) is -1.59. The van der Waals surface area contributed by atoms with E-state index in [1.54, 1.807) is 24.3 Å². The molecular formula is C25H33N5O4. The highest BCUT2D eigenvalue weighted by atomic mass is 16.4. The zero-order valence-electron chi connectivity index (χ0n) is 19.4. The number of carboxylic acids is 1. The smallest absolute Gasteiger partial charge is 0.317 e. The Morgan fingerprint density at radius 3 is 2.26 bits per heavy atom. The van der Waals surface area contributed by atoms with E-state index in [9.17, 15) is 14.4 Å². The molecule has 2 amide bonds. The molecule has 0 spiro atoms. The van der Waals surface area contributed by atoms with Crippen molar-refractivity contribution in [2.45, 2.75) is 38.8 Å². The van der Waals surface area contributed by atoms with Gasteiger partial charge in [-0.1, -0.05) is 67.9 Å². The maximum absolute atomic E-state index is 12.2. The van der Waals surface area contributed by atoms with E-state index in [1.165, 1.54) is 23.3 Å². The number of nitrogens with two attached hydrogens (primary N) is 1. The van der Waals surface area contributed by atoms with Crippen LogP contribution in [0.3, 0.4) is 0 Å². The van der Waals surface area contributed by atoms with Gasteiger partial charge in [0.1, 0.15) is 11.9 Å². The minimum atomic E-state index is -1.04. The molecule has 0 aliphatic carbocycles. The molecule has 0 radical (unpaired) electrons. The number of amidine groups is 1. The number of amides is 2. The van der Waals surface area contributed by atoms with Gasteiger partial charge in [-0.3, -0.25) is 25.1 Å². The first-order valence-corrected chi connectivity index (χ1v) is 11.3. The molecule has 1 aliphatic rings. The number of benzene rings is 2. The summed E-state index contributed by atoms with van der Waals surface area (Å²) < 4.78 is 0. The Balaban J connectivity index is 0.000000379. The van der Waals surface area contributed by atoms with Crippen molar-refractivity contribution in [1.82, 2.24) is 15.5 Å². The number of hydrogen-bond acceptors (Lipinski definition) is 5. The summed E-state index contributed by atoms with van der Waals surface area (Å²) in [5.41, 5.74) is 8.30. The lowest BCUT2D eigenvalue weighted by atomic mass is 10.0. The van der Waals surface area contributed by atoms with Gasteiger partial charge >= 0.3 is 5.97 Å². The first-order valence-electron chi connectivity index (χ1n) is 11.3. The van der Waals surface area contributed by atoms with Crippen molar-refractivity contribution in [3.05, 3.63) is 71.3 Å². The Morgan fingerprint density at radius 2 is 1.74 bits per heavy atom. The van der Waals surface area contributed by atoms with E-state index < -0.39 is 12.0 Å². The number of nitrogens with zero attached hydrogens (tertiary/aromatic N) is 1. The second kappa shape index (κ2) is 13.7. The third kappa shape index (κ3) is 8.67. The summed E-state index contributed by atoms with van der Waals surface area (Å²) in [4.78, 5) is 36.0. The highest BCUT2D eigenvalue weighted by Crippen LogP contribution is 2.17. The van der Waals surface area contributed by atoms with Crippen LogP contribution in [0.1, 0.15) is 36.5 Å². The summed E-state index contributed by atoms with van der Waals surface area (Å²) in [6.07, 6.45) is 3.03. The van der Waals surface area contributed by atoms with E-state index in [4.69, 9.17) is 16.2 Å². The van der Waals surface area contributed by atoms with E-state index in [2.05, 4.69) is 47.9 Å². The Bertz CT molecular complexity index is 963. The molecule has 2 aromatic carbocycles. The number of nitrogens with one attached hydrogen (secondary N) is 3. The number of likely N-dealkylation sites (tertiary alicyclic amines) is 1. The van der Waals surface area contributed by atoms with E-state index in [-0.39, 0.29) is 30.7 Å². The molecule has 1 unspecified atom stereocenters. The Kier molecular flexibility index (Phi) is 10.7. The van der Waals surface area contributed by atoms with Crippen molar-refractivity contribution in [1.29, 1.82) is 5.41 Å². The molecule has 6 N–H and O–H groups in total. The van der Waals surface area contributed by atoms with Crippen LogP contribution in [0.15, 0.2) is 54.6 Å². The lowest BCUT2D eigenvalue weighted by Crippen LogP contribution is -2.59. The molecule has 2 aromatic rings. The Hall–Kier alpha value is -3.72. The van der Waals surface area contributed by atoms with Gasteiger partial charge in [0, 0.05) is 18.7 Å². The molecule has 1 atom stereocenters. The third-order valence-corrected chi connectivity index (χ3v) is 5.31. The Morgan fingerprint density at radius 1 is 1.06 bits per heavy atom. The van der Waals surface area contributed by atoms with E-state index in [1.807, 2.05) is 0 Å². The van der Waals surface area contributed by atoms with Crippen LogP contribution in [-0.4, -0.2) is 59.3 Å². The van der Waals surface area contributed by atoms with Crippen molar-refractivity contribution in [3.63, 3.8) is 0 Å². The predicted molar refractivity (Wildman–Crippen MR) is 130 cm³/mol. The minimum Gasteiger partial charge on any atom is -0.480 e. The number of carboxylic acid groups (broad SMARTS) is 1. The third-order valence-electron chi connectivity index (χ3n) is 5.31. The van der Waals surface area contributed by atoms with E-state index in [0.29, 0.717) is 25.1 Å². The maximum Gasteiger partial charge on any atom is 0.317 e. The molecule has 0 bridgehead atoms. The average Bonchev–Trinajstić information content (AvgIpc) is 2.78. The number of aryl methyl sites for hydroxylation is 1. The van der Waals surface area contributed by atoms with E-state index >= 15 is 0 Å². The molecule has 9 heteroatoms. The minimum absolute atomic E-state index is 0.0179. The van der Waals surface area contributed by atoms with Crippen LogP contribution in [0.2, 0.25) is 0 Å². The van der Waals surface area contributed by atoms with Gasteiger partial charge in [0.25, 0.3) is 0 Å². The lowest BCUT2D eigenvalue weighted by Gasteiger charge is -2.39. The number of rotatable bonds is 10. The molecule has 1 saturated heterocycles. The molecule has 1 fully saturated rings. The number of aliphatic carboxylic acids is 1. The van der Waals surface area contributed by atoms with Gasteiger partial charge in [-0.25, -0.2) is 0 Å². The van der Waals surface area contributed by atoms with Crippen molar-refractivity contribution in [2.24, 2.45) is 5.73 Å². The summed E-state index contributed by atoms with van der Waals surface area (Å²) in [6, 6.07) is 17.0. The van der Waals surface area contributed by atoms with Gasteiger partial charge in [0.2, 0.25) is 11.8 Å². The molecule has 3 rings (SSSR count). The van der Waals surface area contributed by atoms with Crippen LogP contribution in [0.5, 0.6) is 0 Å². The largest absolute Gasteiger partial charge is 0.480 e. The second-order valence-corrected chi connectivity index (χ2v) is 7.95.